The topological polar surface area (TPSA) is 58.9 Å². The van der Waals surface area contributed by atoms with Gasteiger partial charge in [0.25, 0.3) is 0 Å². The van der Waals surface area contributed by atoms with Crippen LogP contribution in [0, 0.1) is 0 Å². The number of aliphatic hydroxyl groups excluding tert-OH is 2. The number of aliphatic hydroxyl groups is 2. The standard InChI is InChI=1S/C16H17ClO4/c17-14-7-4-8-15(20-11-13(19)9-18)16(14)21-10-12-5-2-1-3-6-12/h1-8,13,18-19H,9-11H2/t13-/m0/s1. The molecule has 0 heterocycles. The number of ether oxygens (including phenoxy) is 2. The second kappa shape index (κ2) is 7.88. The van der Waals surface area contributed by atoms with E-state index in [0.717, 1.165) is 5.56 Å². The second-order valence-electron chi connectivity index (χ2n) is 4.49. The van der Waals surface area contributed by atoms with Crippen LogP contribution in [0.5, 0.6) is 11.5 Å². The first-order valence-electron chi connectivity index (χ1n) is 6.57. The highest BCUT2D eigenvalue weighted by atomic mass is 35.5. The minimum atomic E-state index is -0.939. The molecule has 0 fully saturated rings. The van der Waals surface area contributed by atoms with Gasteiger partial charge in [-0.2, -0.15) is 0 Å². The van der Waals surface area contributed by atoms with Gasteiger partial charge in [0.05, 0.1) is 11.6 Å². The molecule has 1 atom stereocenters. The number of halogens is 1. The van der Waals surface area contributed by atoms with Crippen LogP contribution in [-0.2, 0) is 6.61 Å². The minimum absolute atomic E-state index is 0.0292. The summed E-state index contributed by atoms with van der Waals surface area (Å²) in [6.45, 7) is -0.0250. The van der Waals surface area contributed by atoms with Crippen LogP contribution in [0.3, 0.4) is 0 Å². The van der Waals surface area contributed by atoms with E-state index in [-0.39, 0.29) is 13.2 Å². The lowest BCUT2D eigenvalue weighted by atomic mass is 10.2. The number of hydrogen-bond donors (Lipinski definition) is 2. The molecule has 0 aliphatic rings. The Labute approximate surface area is 128 Å². The molecule has 2 aromatic carbocycles. The molecule has 2 rings (SSSR count). The van der Waals surface area contributed by atoms with Gasteiger partial charge in [0.1, 0.15) is 19.3 Å². The van der Waals surface area contributed by atoms with Crippen molar-refractivity contribution in [1.29, 1.82) is 0 Å². The average Bonchev–Trinajstić information content (AvgIpc) is 2.52. The lowest BCUT2D eigenvalue weighted by Gasteiger charge is -2.15. The van der Waals surface area contributed by atoms with E-state index < -0.39 is 6.10 Å². The van der Waals surface area contributed by atoms with Gasteiger partial charge in [0, 0.05) is 0 Å². The molecule has 5 heteroatoms. The summed E-state index contributed by atoms with van der Waals surface area (Å²) < 4.78 is 11.2. The Morgan fingerprint density at radius 1 is 1.00 bits per heavy atom. The van der Waals surface area contributed by atoms with E-state index in [9.17, 15) is 5.11 Å². The van der Waals surface area contributed by atoms with Gasteiger partial charge in [-0.15, -0.1) is 0 Å². The maximum atomic E-state index is 9.34. The fraction of sp³-hybridized carbons (Fsp3) is 0.250. The Hall–Kier alpha value is -1.75. The molecular formula is C16H17ClO4. The summed E-state index contributed by atoms with van der Waals surface area (Å²) in [6, 6.07) is 14.8. The van der Waals surface area contributed by atoms with Crippen molar-refractivity contribution in [3.05, 3.63) is 59.1 Å². The van der Waals surface area contributed by atoms with Gasteiger partial charge in [-0.25, -0.2) is 0 Å². The zero-order chi connectivity index (χ0) is 15.1. The molecular weight excluding hydrogens is 292 g/mol. The number of benzene rings is 2. The highest BCUT2D eigenvalue weighted by Crippen LogP contribution is 2.35. The summed E-state index contributed by atoms with van der Waals surface area (Å²) in [5.74, 6) is 0.860. The predicted octanol–water partition coefficient (Wildman–Crippen LogP) is 2.65. The fourth-order valence-corrected chi connectivity index (χ4v) is 1.93. The molecule has 2 aromatic rings. The molecule has 0 aliphatic carbocycles. The quantitative estimate of drug-likeness (QED) is 0.825. The Kier molecular flexibility index (Phi) is 5.87. The highest BCUT2D eigenvalue weighted by Gasteiger charge is 2.12. The third kappa shape index (κ3) is 4.63. The zero-order valence-electron chi connectivity index (χ0n) is 11.4. The van der Waals surface area contributed by atoms with Crippen LogP contribution < -0.4 is 9.47 Å². The van der Waals surface area contributed by atoms with Gasteiger partial charge in [0.15, 0.2) is 11.5 Å². The third-order valence-electron chi connectivity index (χ3n) is 2.80. The van der Waals surface area contributed by atoms with Gasteiger partial charge in [-0.1, -0.05) is 48.0 Å². The summed E-state index contributed by atoms with van der Waals surface area (Å²) >= 11 is 6.13. The minimum Gasteiger partial charge on any atom is -0.487 e. The predicted molar refractivity (Wildman–Crippen MR) is 80.8 cm³/mol. The maximum absolute atomic E-state index is 9.34. The summed E-state index contributed by atoms with van der Waals surface area (Å²) in [5.41, 5.74) is 1.01. The summed E-state index contributed by atoms with van der Waals surface area (Å²) in [4.78, 5) is 0. The molecule has 4 nitrogen and oxygen atoms in total. The van der Waals surface area contributed by atoms with Crippen molar-refractivity contribution in [3.63, 3.8) is 0 Å². The Morgan fingerprint density at radius 3 is 2.48 bits per heavy atom. The van der Waals surface area contributed by atoms with Crippen LogP contribution in [0.4, 0.5) is 0 Å². The molecule has 0 saturated carbocycles. The molecule has 0 spiro atoms. The monoisotopic (exact) mass is 308 g/mol. The normalized spacial score (nSPS) is 12.0. The molecule has 0 bridgehead atoms. The number of para-hydroxylation sites is 1. The van der Waals surface area contributed by atoms with Gasteiger partial charge in [-0.3, -0.25) is 0 Å². The Balaban J connectivity index is 2.06. The first-order chi connectivity index (χ1) is 10.2. The fourth-order valence-electron chi connectivity index (χ4n) is 1.71. The largest absolute Gasteiger partial charge is 0.487 e. The van der Waals surface area contributed by atoms with Crippen LogP contribution in [0.15, 0.2) is 48.5 Å². The molecule has 0 amide bonds. The van der Waals surface area contributed by atoms with Crippen LogP contribution in [0.25, 0.3) is 0 Å². The van der Waals surface area contributed by atoms with Crippen molar-refractivity contribution in [2.75, 3.05) is 13.2 Å². The van der Waals surface area contributed by atoms with E-state index in [1.165, 1.54) is 0 Å². The van der Waals surface area contributed by atoms with Gasteiger partial charge in [-0.05, 0) is 17.7 Å². The Morgan fingerprint density at radius 2 is 1.76 bits per heavy atom. The Bertz CT molecular complexity index is 559. The van der Waals surface area contributed by atoms with E-state index in [4.69, 9.17) is 26.2 Å². The smallest absolute Gasteiger partial charge is 0.180 e. The van der Waals surface area contributed by atoms with E-state index in [1.807, 2.05) is 30.3 Å². The maximum Gasteiger partial charge on any atom is 0.180 e. The van der Waals surface area contributed by atoms with Crippen LogP contribution >= 0.6 is 11.6 Å². The summed E-state index contributed by atoms with van der Waals surface area (Å²) in [5, 5.41) is 18.6. The molecule has 0 aromatic heterocycles. The lowest BCUT2D eigenvalue weighted by Crippen LogP contribution is -2.21. The van der Waals surface area contributed by atoms with Crippen LogP contribution in [0.1, 0.15) is 5.56 Å². The summed E-state index contributed by atoms with van der Waals surface area (Å²) in [6.07, 6.45) is -0.939. The average molecular weight is 309 g/mol. The van der Waals surface area contributed by atoms with Crippen molar-refractivity contribution in [2.24, 2.45) is 0 Å². The van der Waals surface area contributed by atoms with E-state index in [1.54, 1.807) is 18.2 Å². The van der Waals surface area contributed by atoms with E-state index in [0.29, 0.717) is 23.1 Å². The second-order valence-corrected chi connectivity index (χ2v) is 4.90. The molecule has 0 unspecified atom stereocenters. The van der Waals surface area contributed by atoms with Crippen LogP contribution in [0.2, 0.25) is 5.02 Å². The molecule has 112 valence electrons. The van der Waals surface area contributed by atoms with Crippen molar-refractivity contribution in [1.82, 2.24) is 0 Å². The van der Waals surface area contributed by atoms with Crippen molar-refractivity contribution in [3.8, 4) is 11.5 Å². The van der Waals surface area contributed by atoms with Crippen molar-refractivity contribution >= 4 is 11.6 Å². The molecule has 0 radical (unpaired) electrons. The van der Waals surface area contributed by atoms with E-state index in [2.05, 4.69) is 0 Å². The van der Waals surface area contributed by atoms with Crippen molar-refractivity contribution < 1.29 is 19.7 Å². The van der Waals surface area contributed by atoms with Crippen LogP contribution in [-0.4, -0.2) is 29.5 Å². The van der Waals surface area contributed by atoms with E-state index >= 15 is 0 Å². The SMILES string of the molecule is OC[C@H](O)COc1cccc(Cl)c1OCc1ccccc1. The highest BCUT2D eigenvalue weighted by molar-refractivity contribution is 6.32. The zero-order valence-corrected chi connectivity index (χ0v) is 12.2. The molecule has 2 N–H and O–H groups in total. The molecule has 21 heavy (non-hydrogen) atoms. The molecule has 0 aliphatic heterocycles. The summed E-state index contributed by atoms with van der Waals surface area (Å²) in [7, 11) is 0. The first-order valence-corrected chi connectivity index (χ1v) is 6.95. The van der Waals surface area contributed by atoms with Gasteiger partial charge < -0.3 is 19.7 Å². The molecule has 0 saturated heterocycles. The number of rotatable bonds is 7. The lowest BCUT2D eigenvalue weighted by molar-refractivity contribution is 0.0524. The first kappa shape index (κ1) is 15.6. The third-order valence-corrected chi connectivity index (χ3v) is 3.10. The van der Waals surface area contributed by atoms with Crippen molar-refractivity contribution in [2.45, 2.75) is 12.7 Å². The van der Waals surface area contributed by atoms with Gasteiger partial charge in [0.2, 0.25) is 0 Å². The number of hydrogen-bond acceptors (Lipinski definition) is 4. The van der Waals surface area contributed by atoms with Gasteiger partial charge >= 0.3 is 0 Å².